The van der Waals surface area contributed by atoms with Crippen molar-refractivity contribution in [2.45, 2.75) is 53.9 Å². The first kappa shape index (κ1) is 16.6. The Morgan fingerprint density at radius 1 is 1.39 bits per heavy atom. The lowest BCUT2D eigenvalue weighted by Crippen LogP contribution is -2.05. The van der Waals surface area contributed by atoms with E-state index in [0.29, 0.717) is 12.0 Å². The average Bonchev–Trinajstić information content (AvgIpc) is 2.36. The molecule has 2 heteroatoms. The minimum Gasteiger partial charge on any atom is -0.295 e. The smallest absolute Gasteiger partial charge is 0.155 e. The first-order valence-corrected chi connectivity index (χ1v) is 6.68. The molecular weight excluding hydrogens is 222 g/mol. The second-order valence-electron chi connectivity index (χ2n) is 4.14. The van der Waals surface area contributed by atoms with Gasteiger partial charge in [0, 0.05) is 18.3 Å². The van der Waals surface area contributed by atoms with Crippen LogP contribution in [0.2, 0.25) is 0 Å². The SMILES string of the molecule is C=C(Cc1nccc(C)c1CCC)C(C)=O.CC. The number of aryl methyl sites for hydroxylation is 1. The number of pyridine rings is 1. The van der Waals surface area contributed by atoms with Crippen molar-refractivity contribution in [3.63, 3.8) is 0 Å². The van der Waals surface area contributed by atoms with E-state index in [0.717, 1.165) is 18.5 Å². The Balaban J connectivity index is 0.00000137. The van der Waals surface area contributed by atoms with Gasteiger partial charge >= 0.3 is 0 Å². The fourth-order valence-corrected chi connectivity index (χ4v) is 1.72. The number of hydrogen-bond acceptors (Lipinski definition) is 2. The Morgan fingerprint density at radius 3 is 2.50 bits per heavy atom. The van der Waals surface area contributed by atoms with Crippen molar-refractivity contribution < 1.29 is 4.79 Å². The molecule has 0 atom stereocenters. The summed E-state index contributed by atoms with van der Waals surface area (Å²) in [5.74, 6) is 0.0470. The zero-order valence-electron chi connectivity index (χ0n) is 12.3. The summed E-state index contributed by atoms with van der Waals surface area (Å²) in [4.78, 5) is 15.5. The fourth-order valence-electron chi connectivity index (χ4n) is 1.72. The van der Waals surface area contributed by atoms with Crippen LogP contribution < -0.4 is 0 Å². The molecule has 0 unspecified atom stereocenters. The predicted octanol–water partition coefficient (Wildman–Crippen LogP) is 4.06. The van der Waals surface area contributed by atoms with E-state index < -0.39 is 0 Å². The van der Waals surface area contributed by atoms with Gasteiger partial charge in [0.15, 0.2) is 5.78 Å². The molecule has 0 radical (unpaired) electrons. The average molecular weight is 247 g/mol. The van der Waals surface area contributed by atoms with Gasteiger partial charge in [-0.25, -0.2) is 0 Å². The molecule has 0 spiro atoms. The van der Waals surface area contributed by atoms with E-state index in [2.05, 4.69) is 25.4 Å². The van der Waals surface area contributed by atoms with Crippen molar-refractivity contribution in [3.8, 4) is 0 Å². The molecule has 0 N–H and O–H groups in total. The van der Waals surface area contributed by atoms with Crippen molar-refractivity contribution in [2.75, 3.05) is 0 Å². The lowest BCUT2D eigenvalue weighted by molar-refractivity contribution is -0.113. The van der Waals surface area contributed by atoms with Gasteiger partial charge in [0.1, 0.15) is 0 Å². The standard InChI is InChI=1S/C14H19NO.C2H6/c1-5-6-13-10(2)7-8-15-14(13)9-11(3)12(4)16;1-2/h7-8H,3,5-6,9H2,1-2,4H3;1-2H3. The Kier molecular flexibility index (Phi) is 7.93. The van der Waals surface area contributed by atoms with Crippen LogP contribution in [0.3, 0.4) is 0 Å². The topological polar surface area (TPSA) is 30.0 Å². The summed E-state index contributed by atoms with van der Waals surface area (Å²) in [6.07, 6.45) is 4.48. The number of hydrogen-bond donors (Lipinski definition) is 0. The molecule has 18 heavy (non-hydrogen) atoms. The number of aromatic nitrogens is 1. The van der Waals surface area contributed by atoms with Crippen LogP contribution in [-0.2, 0) is 17.6 Å². The first-order chi connectivity index (χ1) is 8.56. The lowest BCUT2D eigenvalue weighted by atomic mass is 9.98. The van der Waals surface area contributed by atoms with Crippen molar-refractivity contribution in [1.82, 2.24) is 4.98 Å². The highest BCUT2D eigenvalue weighted by molar-refractivity contribution is 5.92. The molecule has 0 bridgehead atoms. The number of rotatable bonds is 5. The first-order valence-electron chi connectivity index (χ1n) is 6.68. The van der Waals surface area contributed by atoms with Crippen LogP contribution in [0.5, 0.6) is 0 Å². The normalized spacial score (nSPS) is 9.39. The van der Waals surface area contributed by atoms with E-state index in [9.17, 15) is 4.79 Å². The zero-order valence-corrected chi connectivity index (χ0v) is 12.3. The minimum atomic E-state index is 0.0470. The highest BCUT2D eigenvalue weighted by Gasteiger charge is 2.09. The quantitative estimate of drug-likeness (QED) is 0.734. The Labute approximate surface area is 111 Å². The maximum Gasteiger partial charge on any atom is 0.155 e. The van der Waals surface area contributed by atoms with Crippen LogP contribution >= 0.6 is 0 Å². The summed E-state index contributed by atoms with van der Waals surface area (Å²) in [5, 5.41) is 0. The summed E-state index contributed by atoms with van der Waals surface area (Å²) in [5.41, 5.74) is 4.16. The van der Waals surface area contributed by atoms with Crippen LogP contribution in [0.4, 0.5) is 0 Å². The molecular formula is C16H25NO. The van der Waals surface area contributed by atoms with E-state index in [4.69, 9.17) is 0 Å². The van der Waals surface area contributed by atoms with E-state index in [1.807, 2.05) is 19.9 Å². The third-order valence-corrected chi connectivity index (χ3v) is 2.76. The maximum absolute atomic E-state index is 11.2. The van der Waals surface area contributed by atoms with Gasteiger partial charge in [0.05, 0.1) is 0 Å². The van der Waals surface area contributed by atoms with Crippen LogP contribution in [0.1, 0.15) is 50.9 Å². The predicted molar refractivity (Wildman–Crippen MR) is 77.8 cm³/mol. The minimum absolute atomic E-state index is 0.0470. The second kappa shape index (κ2) is 8.62. The molecule has 0 aliphatic rings. The molecule has 1 rings (SSSR count). The molecule has 100 valence electrons. The summed E-state index contributed by atoms with van der Waals surface area (Å²) >= 11 is 0. The van der Waals surface area contributed by atoms with Crippen molar-refractivity contribution in [3.05, 3.63) is 41.2 Å². The van der Waals surface area contributed by atoms with Gasteiger partial charge in [0.25, 0.3) is 0 Å². The fraction of sp³-hybridized carbons (Fsp3) is 0.500. The molecule has 0 aliphatic carbocycles. The molecule has 1 aromatic rings. The summed E-state index contributed by atoms with van der Waals surface area (Å²) in [6, 6.07) is 2.02. The number of carbonyl (C=O) groups is 1. The van der Waals surface area contributed by atoms with Gasteiger partial charge in [-0.1, -0.05) is 33.8 Å². The molecule has 0 saturated heterocycles. The third kappa shape index (κ3) is 4.82. The molecule has 1 heterocycles. The monoisotopic (exact) mass is 247 g/mol. The second-order valence-corrected chi connectivity index (χ2v) is 4.14. The number of ketones is 1. The Morgan fingerprint density at radius 2 is 2.00 bits per heavy atom. The number of allylic oxidation sites excluding steroid dienone is 1. The molecule has 2 nitrogen and oxygen atoms in total. The molecule has 0 saturated carbocycles. The van der Waals surface area contributed by atoms with Gasteiger partial charge in [-0.05, 0) is 43.0 Å². The maximum atomic E-state index is 11.2. The Hall–Kier alpha value is -1.44. The summed E-state index contributed by atoms with van der Waals surface area (Å²) in [7, 11) is 0. The van der Waals surface area contributed by atoms with E-state index >= 15 is 0 Å². The van der Waals surface area contributed by atoms with Crippen molar-refractivity contribution >= 4 is 5.78 Å². The molecule has 0 amide bonds. The van der Waals surface area contributed by atoms with Crippen LogP contribution in [-0.4, -0.2) is 10.8 Å². The van der Waals surface area contributed by atoms with Crippen molar-refractivity contribution in [1.29, 1.82) is 0 Å². The number of Topliss-reactive ketones (excluding diaryl/α,β-unsaturated/α-hetero) is 1. The van der Waals surface area contributed by atoms with Gasteiger partial charge in [-0.2, -0.15) is 0 Å². The van der Waals surface area contributed by atoms with E-state index in [1.54, 1.807) is 13.1 Å². The van der Waals surface area contributed by atoms with Gasteiger partial charge in [-0.3, -0.25) is 9.78 Å². The van der Waals surface area contributed by atoms with E-state index in [1.165, 1.54) is 11.1 Å². The van der Waals surface area contributed by atoms with Gasteiger partial charge in [-0.15, -0.1) is 0 Å². The summed E-state index contributed by atoms with van der Waals surface area (Å²) in [6.45, 7) is 13.6. The van der Waals surface area contributed by atoms with Crippen molar-refractivity contribution in [2.24, 2.45) is 0 Å². The largest absolute Gasteiger partial charge is 0.295 e. The zero-order chi connectivity index (χ0) is 14.1. The highest BCUT2D eigenvalue weighted by Crippen LogP contribution is 2.16. The molecule has 0 aliphatic heterocycles. The Bertz CT molecular complexity index is 408. The van der Waals surface area contributed by atoms with Gasteiger partial charge < -0.3 is 0 Å². The van der Waals surface area contributed by atoms with Crippen LogP contribution in [0.15, 0.2) is 24.4 Å². The summed E-state index contributed by atoms with van der Waals surface area (Å²) < 4.78 is 0. The van der Waals surface area contributed by atoms with E-state index in [-0.39, 0.29) is 5.78 Å². The van der Waals surface area contributed by atoms with Gasteiger partial charge in [0.2, 0.25) is 0 Å². The number of nitrogens with zero attached hydrogens (tertiary/aromatic N) is 1. The molecule has 0 aromatic carbocycles. The number of carbonyl (C=O) groups excluding carboxylic acids is 1. The third-order valence-electron chi connectivity index (χ3n) is 2.76. The molecule has 1 aromatic heterocycles. The molecule has 0 fully saturated rings. The van der Waals surface area contributed by atoms with Crippen LogP contribution in [0, 0.1) is 6.92 Å². The van der Waals surface area contributed by atoms with Crippen LogP contribution in [0.25, 0.3) is 0 Å². The lowest BCUT2D eigenvalue weighted by Gasteiger charge is -2.11. The highest BCUT2D eigenvalue weighted by atomic mass is 16.1.